The SMILES string of the molecule is CC1(C)CCCN(C(=O)c2cn(C3CNC3)nn2)CC1. The van der Waals surface area contributed by atoms with Gasteiger partial charge in [-0.2, -0.15) is 0 Å². The van der Waals surface area contributed by atoms with Crippen molar-refractivity contribution in [2.24, 2.45) is 5.41 Å². The molecule has 2 aliphatic heterocycles. The highest BCUT2D eigenvalue weighted by atomic mass is 16.2. The summed E-state index contributed by atoms with van der Waals surface area (Å²) >= 11 is 0. The maximum atomic E-state index is 12.5. The van der Waals surface area contributed by atoms with Gasteiger partial charge in [0.05, 0.1) is 12.2 Å². The molecule has 2 aliphatic rings. The highest BCUT2D eigenvalue weighted by Crippen LogP contribution is 2.30. The zero-order valence-corrected chi connectivity index (χ0v) is 12.3. The van der Waals surface area contributed by atoms with Crippen molar-refractivity contribution in [3.63, 3.8) is 0 Å². The molecule has 0 aromatic carbocycles. The Morgan fingerprint density at radius 1 is 1.35 bits per heavy atom. The van der Waals surface area contributed by atoms with Crippen molar-refractivity contribution in [2.45, 2.75) is 39.2 Å². The minimum atomic E-state index is 0.0289. The minimum absolute atomic E-state index is 0.0289. The van der Waals surface area contributed by atoms with Crippen molar-refractivity contribution in [3.05, 3.63) is 11.9 Å². The van der Waals surface area contributed by atoms with Crippen LogP contribution in [0.5, 0.6) is 0 Å². The number of carbonyl (C=O) groups excluding carboxylic acids is 1. The molecule has 2 fully saturated rings. The van der Waals surface area contributed by atoms with Gasteiger partial charge in [0.1, 0.15) is 0 Å². The molecule has 0 spiro atoms. The Labute approximate surface area is 119 Å². The lowest BCUT2D eigenvalue weighted by Gasteiger charge is -2.26. The van der Waals surface area contributed by atoms with Crippen LogP contribution in [0.25, 0.3) is 0 Å². The first-order chi connectivity index (χ1) is 9.55. The lowest BCUT2D eigenvalue weighted by Crippen LogP contribution is -2.43. The Hall–Kier alpha value is -1.43. The average molecular weight is 277 g/mol. The van der Waals surface area contributed by atoms with E-state index in [4.69, 9.17) is 0 Å². The van der Waals surface area contributed by atoms with Gasteiger partial charge in [-0.05, 0) is 24.7 Å². The first-order valence-electron chi connectivity index (χ1n) is 7.47. The van der Waals surface area contributed by atoms with Crippen molar-refractivity contribution in [1.29, 1.82) is 0 Å². The summed E-state index contributed by atoms with van der Waals surface area (Å²) in [6, 6.07) is 0.354. The van der Waals surface area contributed by atoms with Crippen LogP contribution in [-0.2, 0) is 0 Å². The van der Waals surface area contributed by atoms with Crippen LogP contribution in [0.2, 0.25) is 0 Å². The van der Waals surface area contributed by atoms with Gasteiger partial charge in [0, 0.05) is 26.2 Å². The topological polar surface area (TPSA) is 63.1 Å². The molecule has 1 amide bonds. The largest absolute Gasteiger partial charge is 0.337 e. The average Bonchev–Trinajstić information content (AvgIpc) is 2.72. The van der Waals surface area contributed by atoms with Crippen molar-refractivity contribution in [3.8, 4) is 0 Å². The fourth-order valence-corrected chi connectivity index (χ4v) is 2.80. The molecule has 6 nitrogen and oxygen atoms in total. The zero-order valence-electron chi connectivity index (χ0n) is 12.3. The molecule has 0 saturated carbocycles. The standard InChI is InChI=1S/C14H23N5O/c1-14(2)4-3-6-18(7-5-14)13(20)12-10-19(17-16-12)11-8-15-9-11/h10-11,15H,3-9H2,1-2H3. The maximum Gasteiger partial charge on any atom is 0.276 e. The van der Waals surface area contributed by atoms with Gasteiger partial charge in [-0.1, -0.05) is 19.1 Å². The molecule has 0 radical (unpaired) electrons. The van der Waals surface area contributed by atoms with Crippen LogP contribution in [0.4, 0.5) is 0 Å². The van der Waals surface area contributed by atoms with E-state index < -0.39 is 0 Å². The lowest BCUT2D eigenvalue weighted by molar-refractivity contribution is 0.0751. The highest BCUT2D eigenvalue weighted by molar-refractivity contribution is 5.91. The number of carbonyl (C=O) groups is 1. The van der Waals surface area contributed by atoms with Gasteiger partial charge in [0.2, 0.25) is 0 Å². The third kappa shape index (κ3) is 2.70. The van der Waals surface area contributed by atoms with E-state index in [2.05, 4.69) is 29.5 Å². The summed E-state index contributed by atoms with van der Waals surface area (Å²) in [6.07, 6.45) is 5.10. The molecule has 1 aromatic heterocycles. The number of rotatable bonds is 2. The first-order valence-corrected chi connectivity index (χ1v) is 7.47. The molecule has 3 heterocycles. The van der Waals surface area contributed by atoms with Gasteiger partial charge in [-0.3, -0.25) is 4.79 Å². The molecule has 2 saturated heterocycles. The third-order valence-corrected chi connectivity index (χ3v) is 4.49. The maximum absolute atomic E-state index is 12.5. The molecule has 3 rings (SSSR count). The minimum Gasteiger partial charge on any atom is -0.337 e. The molecule has 1 aromatic rings. The van der Waals surface area contributed by atoms with Crippen molar-refractivity contribution in [2.75, 3.05) is 26.2 Å². The van der Waals surface area contributed by atoms with E-state index in [-0.39, 0.29) is 5.91 Å². The van der Waals surface area contributed by atoms with Crippen LogP contribution in [0.15, 0.2) is 6.20 Å². The molecule has 110 valence electrons. The molecule has 20 heavy (non-hydrogen) atoms. The molecule has 0 aliphatic carbocycles. The molecule has 1 N–H and O–H groups in total. The van der Waals surface area contributed by atoms with Crippen LogP contribution in [0, 0.1) is 5.41 Å². The van der Waals surface area contributed by atoms with Crippen LogP contribution >= 0.6 is 0 Å². The molecule has 0 atom stereocenters. The van der Waals surface area contributed by atoms with Gasteiger partial charge < -0.3 is 10.2 Å². The fraction of sp³-hybridized carbons (Fsp3) is 0.786. The second-order valence-corrected chi connectivity index (χ2v) is 6.71. The Morgan fingerprint density at radius 3 is 2.85 bits per heavy atom. The van der Waals surface area contributed by atoms with Crippen LogP contribution < -0.4 is 5.32 Å². The summed E-state index contributed by atoms with van der Waals surface area (Å²) in [5.41, 5.74) is 0.821. The van der Waals surface area contributed by atoms with Gasteiger partial charge in [-0.15, -0.1) is 5.10 Å². The van der Waals surface area contributed by atoms with E-state index in [1.807, 2.05) is 9.58 Å². The van der Waals surface area contributed by atoms with E-state index in [0.717, 1.165) is 39.0 Å². The summed E-state index contributed by atoms with van der Waals surface area (Å²) in [4.78, 5) is 14.4. The van der Waals surface area contributed by atoms with Crippen molar-refractivity contribution >= 4 is 5.91 Å². The smallest absolute Gasteiger partial charge is 0.276 e. The second-order valence-electron chi connectivity index (χ2n) is 6.71. The number of nitrogens with one attached hydrogen (secondary N) is 1. The summed E-state index contributed by atoms with van der Waals surface area (Å²) in [7, 11) is 0. The van der Waals surface area contributed by atoms with Crippen molar-refractivity contribution < 1.29 is 4.79 Å². The summed E-state index contributed by atoms with van der Waals surface area (Å²) < 4.78 is 1.81. The Morgan fingerprint density at radius 2 is 2.15 bits per heavy atom. The summed E-state index contributed by atoms with van der Waals surface area (Å²) in [5.74, 6) is 0.0289. The van der Waals surface area contributed by atoms with Crippen LogP contribution in [0.1, 0.15) is 49.6 Å². The van der Waals surface area contributed by atoms with E-state index in [9.17, 15) is 4.79 Å². The predicted octanol–water partition coefficient (Wildman–Crippen LogP) is 1.07. The van der Waals surface area contributed by atoms with Crippen LogP contribution in [0.3, 0.4) is 0 Å². The Balaban J connectivity index is 1.67. The molecule has 0 bridgehead atoms. The number of nitrogens with zero attached hydrogens (tertiary/aromatic N) is 4. The lowest BCUT2D eigenvalue weighted by atomic mass is 9.85. The predicted molar refractivity (Wildman–Crippen MR) is 75.5 cm³/mol. The number of aromatic nitrogens is 3. The number of hydrogen-bond donors (Lipinski definition) is 1. The molecular weight excluding hydrogens is 254 g/mol. The number of amides is 1. The number of hydrogen-bond acceptors (Lipinski definition) is 4. The third-order valence-electron chi connectivity index (χ3n) is 4.49. The molecule has 0 unspecified atom stereocenters. The van der Waals surface area contributed by atoms with E-state index in [1.54, 1.807) is 6.20 Å². The Kier molecular flexibility index (Phi) is 3.50. The highest BCUT2D eigenvalue weighted by Gasteiger charge is 2.28. The first kappa shape index (κ1) is 13.5. The second kappa shape index (κ2) is 5.16. The van der Waals surface area contributed by atoms with E-state index in [1.165, 1.54) is 6.42 Å². The van der Waals surface area contributed by atoms with Crippen LogP contribution in [-0.4, -0.2) is 52.0 Å². The quantitative estimate of drug-likeness (QED) is 0.878. The van der Waals surface area contributed by atoms with Gasteiger partial charge in [0.15, 0.2) is 5.69 Å². The molecule has 6 heteroatoms. The van der Waals surface area contributed by atoms with Gasteiger partial charge in [0.25, 0.3) is 5.91 Å². The molecular formula is C14H23N5O. The summed E-state index contributed by atoms with van der Waals surface area (Å²) in [6.45, 7) is 8.04. The van der Waals surface area contributed by atoms with Crippen molar-refractivity contribution in [1.82, 2.24) is 25.2 Å². The Bertz CT molecular complexity index is 492. The van der Waals surface area contributed by atoms with E-state index >= 15 is 0 Å². The summed E-state index contributed by atoms with van der Waals surface area (Å²) in [5, 5.41) is 11.3. The fourth-order valence-electron chi connectivity index (χ4n) is 2.80. The monoisotopic (exact) mass is 277 g/mol. The van der Waals surface area contributed by atoms with Gasteiger partial charge in [-0.25, -0.2) is 4.68 Å². The number of likely N-dealkylation sites (tertiary alicyclic amines) is 1. The van der Waals surface area contributed by atoms with E-state index in [0.29, 0.717) is 17.2 Å². The zero-order chi connectivity index (χ0) is 14.2. The van der Waals surface area contributed by atoms with Gasteiger partial charge >= 0.3 is 0 Å². The normalized spacial score (nSPS) is 23.2.